The van der Waals surface area contributed by atoms with Crippen molar-refractivity contribution < 1.29 is 4.74 Å². The second-order valence-corrected chi connectivity index (χ2v) is 4.81. The Kier molecular flexibility index (Phi) is 3.48. The van der Waals surface area contributed by atoms with E-state index in [1.54, 1.807) is 13.2 Å². The molecule has 0 aliphatic rings. The maximum absolute atomic E-state index is 6.02. The van der Waals surface area contributed by atoms with Gasteiger partial charge in [0.15, 0.2) is 0 Å². The lowest BCUT2D eigenvalue weighted by Gasteiger charge is -2.13. The second-order valence-electron chi connectivity index (χ2n) is 4.37. The molecule has 3 heteroatoms. The van der Waals surface area contributed by atoms with E-state index >= 15 is 0 Å². The third-order valence-corrected chi connectivity index (χ3v) is 3.23. The van der Waals surface area contributed by atoms with Crippen LogP contribution in [-0.4, -0.2) is 7.11 Å². The summed E-state index contributed by atoms with van der Waals surface area (Å²) in [5.74, 6) is 0.916. The van der Waals surface area contributed by atoms with Crippen molar-refractivity contribution in [2.24, 2.45) is 0 Å². The first-order valence-corrected chi connectivity index (χ1v) is 6.11. The van der Waals surface area contributed by atoms with E-state index in [1.807, 2.05) is 26.0 Å². The number of benzene rings is 2. The summed E-state index contributed by atoms with van der Waals surface area (Å²) in [6, 6.07) is 9.63. The van der Waals surface area contributed by atoms with Crippen LogP contribution in [0.1, 0.15) is 11.1 Å². The maximum atomic E-state index is 6.02. The second kappa shape index (κ2) is 4.91. The molecule has 18 heavy (non-hydrogen) atoms. The van der Waals surface area contributed by atoms with E-state index in [-0.39, 0.29) is 0 Å². The van der Waals surface area contributed by atoms with Gasteiger partial charge >= 0.3 is 0 Å². The molecule has 2 nitrogen and oxygen atoms in total. The van der Waals surface area contributed by atoms with E-state index in [4.69, 9.17) is 22.1 Å². The summed E-state index contributed by atoms with van der Waals surface area (Å²) >= 11 is 6.02. The molecule has 0 fully saturated rings. The van der Waals surface area contributed by atoms with Crippen LogP contribution >= 0.6 is 11.6 Å². The Hall–Kier alpha value is -1.67. The normalized spacial score (nSPS) is 10.4. The summed E-state index contributed by atoms with van der Waals surface area (Å²) in [7, 11) is 1.68. The summed E-state index contributed by atoms with van der Waals surface area (Å²) in [6.45, 7) is 4.05. The lowest BCUT2D eigenvalue weighted by Crippen LogP contribution is -1.94. The van der Waals surface area contributed by atoms with E-state index < -0.39 is 0 Å². The fourth-order valence-corrected chi connectivity index (χ4v) is 2.38. The van der Waals surface area contributed by atoms with E-state index in [9.17, 15) is 0 Å². The maximum Gasteiger partial charge on any atom is 0.124 e. The van der Waals surface area contributed by atoms with Crippen molar-refractivity contribution in [3.8, 4) is 16.9 Å². The molecule has 0 aromatic heterocycles. The van der Waals surface area contributed by atoms with Crippen molar-refractivity contribution in [3.63, 3.8) is 0 Å². The van der Waals surface area contributed by atoms with Crippen molar-refractivity contribution in [2.45, 2.75) is 13.8 Å². The fourth-order valence-electron chi connectivity index (χ4n) is 2.21. The van der Waals surface area contributed by atoms with Crippen LogP contribution in [0.4, 0.5) is 5.69 Å². The molecule has 0 saturated carbocycles. The Morgan fingerprint density at radius 2 is 1.67 bits per heavy atom. The minimum absolute atomic E-state index is 0.685. The zero-order chi connectivity index (χ0) is 13.3. The van der Waals surface area contributed by atoms with E-state index in [1.165, 1.54) is 0 Å². The average molecular weight is 262 g/mol. The predicted octanol–water partition coefficient (Wildman–Crippen LogP) is 4.21. The first-order valence-electron chi connectivity index (χ1n) is 5.73. The highest BCUT2D eigenvalue weighted by Gasteiger charge is 2.09. The molecular formula is C15H16ClNO. The van der Waals surface area contributed by atoms with E-state index in [0.717, 1.165) is 33.7 Å². The fraction of sp³-hybridized carbons (Fsp3) is 0.200. The van der Waals surface area contributed by atoms with Crippen molar-refractivity contribution in [3.05, 3.63) is 46.5 Å². The Morgan fingerprint density at radius 3 is 2.22 bits per heavy atom. The van der Waals surface area contributed by atoms with Crippen molar-refractivity contribution in [1.82, 2.24) is 0 Å². The molecule has 94 valence electrons. The first kappa shape index (κ1) is 12.8. The first-order chi connectivity index (χ1) is 8.52. The molecule has 0 spiro atoms. The molecule has 0 atom stereocenters. The van der Waals surface area contributed by atoms with Crippen LogP contribution < -0.4 is 10.5 Å². The van der Waals surface area contributed by atoms with Crippen LogP contribution in [0, 0.1) is 13.8 Å². The average Bonchev–Trinajstić information content (AvgIpc) is 2.32. The summed E-state index contributed by atoms with van der Waals surface area (Å²) in [5, 5.41) is 0.685. The topological polar surface area (TPSA) is 35.2 Å². The van der Waals surface area contributed by atoms with E-state index in [2.05, 4.69) is 12.1 Å². The molecule has 0 heterocycles. The van der Waals surface area contributed by atoms with Crippen LogP contribution in [0.15, 0.2) is 30.3 Å². The summed E-state index contributed by atoms with van der Waals surface area (Å²) in [4.78, 5) is 0. The molecule has 2 rings (SSSR count). The molecule has 0 unspecified atom stereocenters. The van der Waals surface area contributed by atoms with Gasteiger partial charge in [0.05, 0.1) is 7.11 Å². The predicted molar refractivity (Wildman–Crippen MR) is 77.3 cm³/mol. The summed E-state index contributed by atoms with van der Waals surface area (Å²) in [6.07, 6.45) is 0. The van der Waals surface area contributed by atoms with Gasteiger partial charge in [-0.05, 0) is 60.9 Å². The standard InChI is InChI=1S/C15H16ClNO/c1-9-6-11(7-10(2)15(9)18-3)13-8-12(16)4-5-14(13)17/h4-8H,17H2,1-3H3. The van der Waals surface area contributed by atoms with Crippen LogP contribution in [0.3, 0.4) is 0 Å². The van der Waals surface area contributed by atoms with Crippen LogP contribution in [0.5, 0.6) is 5.75 Å². The van der Waals surface area contributed by atoms with Gasteiger partial charge in [-0.2, -0.15) is 0 Å². The molecule has 0 bridgehead atoms. The molecule has 2 aromatic rings. The van der Waals surface area contributed by atoms with Gasteiger partial charge < -0.3 is 10.5 Å². The third kappa shape index (κ3) is 2.29. The number of anilines is 1. The summed E-state index contributed by atoms with van der Waals surface area (Å²) in [5.41, 5.74) is 10.9. The molecule has 0 saturated heterocycles. The molecule has 0 aliphatic heterocycles. The lowest BCUT2D eigenvalue weighted by atomic mass is 9.98. The van der Waals surface area contributed by atoms with Crippen molar-refractivity contribution >= 4 is 17.3 Å². The number of hydrogen-bond donors (Lipinski definition) is 1. The number of aryl methyl sites for hydroxylation is 2. The third-order valence-electron chi connectivity index (χ3n) is 2.99. The molecule has 0 radical (unpaired) electrons. The van der Waals surface area contributed by atoms with Gasteiger partial charge in [-0.25, -0.2) is 0 Å². The number of halogens is 1. The molecular weight excluding hydrogens is 246 g/mol. The number of nitrogens with two attached hydrogens (primary N) is 1. The molecule has 0 amide bonds. The smallest absolute Gasteiger partial charge is 0.124 e. The Morgan fingerprint density at radius 1 is 1.06 bits per heavy atom. The van der Waals surface area contributed by atoms with E-state index in [0.29, 0.717) is 5.02 Å². The largest absolute Gasteiger partial charge is 0.496 e. The summed E-state index contributed by atoms with van der Waals surface area (Å²) < 4.78 is 5.36. The van der Waals surface area contributed by atoms with Crippen molar-refractivity contribution in [2.75, 3.05) is 12.8 Å². The molecule has 2 aromatic carbocycles. The number of hydrogen-bond acceptors (Lipinski definition) is 2. The Balaban J connectivity index is 2.61. The number of ether oxygens (including phenoxy) is 1. The Bertz CT molecular complexity index is 570. The number of methoxy groups -OCH3 is 1. The lowest BCUT2D eigenvalue weighted by molar-refractivity contribution is 0.408. The quantitative estimate of drug-likeness (QED) is 0.822. The zero-order valence-corrected chi connectivity index (χ0v) is 11.5. The highest BCUT2D eigenvalue weighted by Crippen LogP contribution is 2.33. The zero-order valence-electron chi connectivity index (χ0n) is 10.8. The minimum Gasteiger partial charge on any atom is -0.496 e. The van der Waals surface area contributed by atoms with Crippen LogP contribution in [0.25, 0.3) is 11.1 Å². The van der Waals surface area contributed by atoms with Gasteiger partial charge in [-0.1, -0.05) is 11.6 Å². The van der Waals surface area contributed by atoms with Crippen LogP contribution in [-0.2, 0) is 0 Å². The van der Waals surface area contributed by atoms with Crippen LogP contribution in [0.2, 0.25) is 5.02 Å². The SMILES string of the molecule is COc1c(C)cc(-c2cc(Cl)ccc2N)cc1C. The monoisotopic (exact) mass is 261 g/mol. The molecule has 0 aliphatic carbocycles. The number of nitrogen functional groups attached to an aromatic ring is 1. The van der Waals surface area contributed by atoms with Crippen molar-refractivity contribution in [1.29, 1.82) is 0 Å². The molecule has 2 N–H and O–H groups in total. The Labute approximate surface area is 112 Å². The van der Waals surface area contributed by atoms with Gasteiger partial charge in [0.2, 0.25) is 0 Å². The van der Waals surface area contributed by atoms with Gasteiger partial charge in [0, 0.05) is 16.3 Å². The van der Waals surface area contributed by atoms with Gasteiger partial charge in [-0.3, -0.25) is 0 Å². The highest BCUT2D eigenvalue weighted by molar-refractivity contribution is 6.31. The van der Waals surface area contributed by atoms with Gasteiger partial charge in [-0.15, -0.1) is 0 Å². The minimum atomic E-state index is 0.685. The van der Waals surface area contributed by atoms with Gasteiger partial charge in [0.25, 0.3) is 0 Å². The van der Waals surface area contributed by atoms with Gasteiger partial charge in [0.1, 0.15) is 5.75 Å². The number of rotatable bonds is 2. The highest BCUT2D eigenvalue weighted by atomic mass is 35.5.